The minimum atomic E-state index is -5.84. The second kappa shape index (κ2) is 10.5. The lowest BCUT2D eigenvalue weighted by Crippen LogP contribution is -2.50. The van der Waals surface area contributed by atoms with Crippen LogP contribution in [-0.2, 0) is 20.5 Å². The third-order valence-electron chi connectivity index (χ3n) is 5.18. The van der Waals surface area contributed by atoms with E-state index in [1.165, 1.54) is 12.1 Å². The van der Waals surface area contributed by atoms with Crippen LogP contribution in [0.3, 0.4) is 0 Å². The summed E-state index contributed by atoms with van der Waals surface area (Å²) >= 11 is 0. The molecule has 0 aliphatic heterocycles. The van der Waals surface area contributed by atoms with Crippen LogP contribution in [0.1, 0.15) is 11.1 Å². The Hall–Kier alpha value is -4.25. The van der Waals surface area contributed by atoms with Crippen LogP contribution in [0.25, 0.3) is 0 Å². The molecule has 0 fully saturated rings. The van der Waals surface area contributed by atoms with Crippen LogP contribution in [-0.4, -0.2) is 31.8 Å². The number of halogens is 8. The number of nitrogens with one attached hydrogen (secondary N) is 2. The summed E-state index contributed by atoms with van der Waals surface area (Å²) in [4.78, 5) is 14.5. The van der Waals surface area contributed by atoms with E-state index in [9.17, 15) is 43.9 Å². The molecule has 3 aromatic carbocycles. The summed E-state index contributed by atoms with van der Waals surface area (Å²) < 4.78 is 143. The van der Waals surface area contributed by atoms with Gasteiger partial charge in [-0.2, -0.15) is 8.78 Å². The lowest BCUT2D eigenvalue weighted by atomic mass is 9.81. The summed E-state index contributed by atoms with van der Waals surface area (Å²) in [5.74, 6) is -18.7. The highest BCUT2D eigenvalue weighted by molar-refractivity contribution is 7.92. The molecule has 1 atom stereocenters. The fourth-order valence-corrected chi connectivity index (χ4v) is 4.48. The van der Waals surface area contributed by atoms with Gasteiger partial charge in [-0.1, -0.05) is 18.2 Å². The van der Waals surface area contributed by atoms with Gasteiger partial charge in [-0.05, 0) is 30.3 Å². The van der Waals surface area contributed by atoms with E-state index in [1.54, 1.807) is 0 Å². The second-order valence-corrected chi connectivity index (χ2v) is 9.27. The summed E-state index contributed by atoms with van der Waals surface area (Å²) in [6, 6.07) is 6.74. The van der Waals surface area contributed by atoms with Gasteiger partial charge in [0.25, 0.3) is 10.0 Å². The molecule has 0 bridgehead atoms. The number of alkyl halides is 3. The Bertz CT molecular complexity index is 1560. The number of anilines is 1. The molecule has 0 aliphatic rings. The molecule has 0 spiro atoms. The van der Waals surface area contributed by atoms with Gasteiger partial charge < -0.3 is 10.5 Å². The number of hydrogen-bond donors (Lipinski definition) is 4. The van der Waals surface area contributed by atoms with Gasteiger partial charge in [0.05, 0.1) is 16.1 Å². The predicted molar refractivity (Wildman–Crippen MR) is 120 cm³/mol. The van der Waals surface area contributed by atoms with E-state index in [4.69, 9.17) is 10.9 Å². The van der Waals surface area contributed by atoms with Crippen molar-refractivity contribution in [3.05, 3.63) is 88.7 Å². The van der Waals surface area contributed by atoms with Gasteiger partial charge in [-0.25, -0.2) is 50.4 Å². The first-order valence-corrected chi connectivity index (χ1v) is 11.6. The number of carboxylic acid groups (broad SMARTS) is 1. The van der Waals surface area contributed by atoms with E-state index in [2.05, 4.69) is 10.4 Å². The Morgan fingerprint density at radius 2 is 1.46 bits per heavy atom. The fourth-order valence-electron chi connectivity index (χ4n) is 3.39. The number of hydrogen-bond acceptors (Lipinski definition) is 5. The molecule has 0 amide bonds. The molecular formula is C22H14F8N4O4S. The largest absolute Gasteiger partial charge is 0.477 e. The molecule has 0 saturated carbocycles. The van der Waals surface area contributed by atoms with Crippen molar-refractivity contribution in [2.45, 2.75) is 16.5 Å². The van der Waals surface area contributed by atoms with E-state index < -0.39 is 78.4 Å². The Kier molecular flexibility index (Phi) is 7.88. The van der Waals surface area contributed by atoms with Crippen molar-refractivity contribution in [2.75, 3.05) is 4.72 Å². The SMILES string of the molecule is NNC=Nc1cccc(S(=O)(=O)Nc2cccc(C(F)(c3c(F)c(F)c(F)c(F)c3F)C(F)(F)C(=O)O)c2)c1. The number of carboxylic acids is 1. The van der Waals surface area contributed by atoms with E-state index in [0.29, 0.717) is 12.1 Å². The van der Waals surface area contributed by atoms with Crippen molar-refractivity contribution in [1.82, 2.24) is 5.43 Å². The molecule has 0 saturated heterocycles. The minimum absolute atomic E-state index is 0.0692. The molecule has 0 aliphatic carbocycles. The number of carbonyl (C=O) groups is 1. The quantitative estimate of drug-likeness (QED) is 0.0568. The van der Waals surface area contributed by atoms with Crippen molar-refractivity contribution < 1.29 is 53.4 Å². The first-order chi connectivity index (χ1) is 18.1. The summed E-state index contributed by atoms with van der Waals surface area (Å²) in [6.45, 7) is 0. The first-order valence-electron chi connectivity index (χ1n) is 10.1. The topological polar surface area (TPSA) is 134 Å². The van der Waals surface area contributed by atoms with Crippen molar-refractivity contribution in [3.63, 3.8) is 0 Å². The van der Waals surface area contributed by atoms with Crippen LogP contribution in [0, 0.1) is 29.1 Å². The van der Waals surface area contributed by atoms with Crippen LogP contribution in [0.2, 0.25) is 0 Å². The maximum absolute atomic E-state index is 16.1. The molecule has 3 rings (SSSR count). The molecule has 0 aromatic heterocycles. The lowest BCUT2D eigenvalue weighted by molar-refractivity contribution is -0.187. The monoisotopic (exact) mass is 582 g/mol. The first kappa shape index (κ1) is 29.3. The summed E-state index contributed by atoms with van der Waals surface area (Å²) in [7, 11) is -4.59. The van der Waals surface area contributed by atoms with E-state index in [1.807, 2.05) is 4.72 Å². The van der Waals surface area contributed by atoms with Gasteiger partial charge in [0.1, 0.15) is 6.34 Å². The summed E-state index contributed by atoms with van der Waals surface area (Å²) in [6.07, 6.45) is 1.01. The van der Waals surface area contributed by atoms with Gasteiger partial charge >= 0.3 is 11.9 Å². The van der Waals surface area contributed by atoms with Gasteiger partial charge in [0.2, 0.25) is 11.5 Å². The molecule has 5 N–H and O–H groups in total. The van der Waals surface area contributed by atoms with E-state index in [-0.39, 0.29) is 11.8 Å². The number of benzene rings is 3. The van der Waals surface area contributed by atoms with E-state index in [0.717, 1.165) is 24.5 Å². The predicted octanol–water partition coefficient (Wildman–Crippen LogP) is 4.24. The normalized spacial score (nSPS) is 13.8. The van der Waals surface area contributed by atoms with Gasteiger partial charge in [0, 0.05) is 11.3 Å². The number of nitrogens with zero attached hydrogens (tertiary/aromatic N) is 1. The summed E-state index contributed by atoms with van der Waals surface area (Å²) in [5, 5.41) is 8.93. The number of aliphatic carboxylic acids is 1. The Morgan fingerprint density at radius 3 is 2.03 bits per heavy atom. The molecule has 8 nitrogen and oxygen atoms in total. The van der Waals surface area contributed by atoms with Gasteiger partial charge in [-0.15, -0.1) is 0 Å². The highest BCUT2D eigenvalue weighted by Crippen LogP contribution is 2.50. The fraction of sp³-hybridized carbons (Fsp3) is 0.0909. The molecule has 208 valence electrons. The Morgan fingerprint density at radius 1 is 0.897 bits per heavy atom. The third kappa shape index (κ3) is 5.09. The van der Waals surface area contributed by atoms with Crippen LogP contribution >= 0.6 is 0 Å². The van der Waals surface area contributed by atoms with Crippen LogP contribution in [0.15, 0.2) is 58.4 Å². The van der Waals surface area contributed by atoms with Crippen molar-refractivity contribution in [3.8, 4) is 0 Å². The maximum atomic E-state index is 16.1. The zero-order valence-electron chi connectivity index (χ0n) is 18.8. The van der Waals surface area contributed by atoms with Crippen LogP contribution in [0.5, 0.6) is 0 Å². The zero-order valence-corrected chi connectivity index (χ0v) is 19.6. The average Bonchev–Trinajstić information content (AvgIpc) is 2.89. The number of sulfonamides is 1. The van der Waals surface area contributed by atoms with Crippen LogP contribution in [0.4, 0.5) is 46.5 Å². The number of aliphatic imine (C=N–C) groups is 1. The number of hydrazine groups is 1. The summed E-state index contributed by atoms with van der Waals surface area (Å²) in [5.41, 5.74) is -8.30. The molecule has 0 heterocycles. The van der Waals surface area contributed by atoms with E-state index >= 15 is 4.39 Å². The van der Waals surface area contributed by atoms with Gasteiger partial charge in [0.15, 0.2) is 23.3 Å². The average molecular weight is 582 g/mol. The highest BCUT2D eigenvalue weighted by atomic mass is 32.2. The number of rotatable bonds is 9. The minimum Gasteiger partial charge on any atom is -0.477 e. The van der Waals surface area contributed by atoms with Crippen molar-refractivity contribution in [2.24, 2.45) is 10.8 Å². The van der Waals surface area contributed by atoms with Crippen LogP contribution < -0.4 is 16.0 Å². The zero-order chi connectivity index (χ0) is 29.3. The molecule has 1 unspecified atom stereocenters. The molecular weight excluding hydrogens is 568 g/mol. The van der Waals surface area contributed by atoms with Crippen molar-refractivity contribution in [1.29, 1.82) is 0 Å². The molecule has 39 heavy (non-hydrogen) atoms. The number of nitrogens with two attached hydrogens (primary N) is 1. The standard InChI is InChI=1S/C22H14F8N4O4S/c23-15-14(16(24)18(26)19(27)17(15)25)21(28,22(29,30)20(35)36)10-3-1-5-12(7-10)34-39(37,38)13-6-2-4-11(8-13)32-9-33-31/h1-9,34H,31H2,(H,32,33)(H,35,36). The Labute approximate surface area is 213 Å². The molecule has 17 heteroatoms. The third-order valence-corrected chi connectivity index (χ3v) is 6.56. The highest BCUT2D eigenvalue weighted by Gasteiger charge is 2.66. The Balaban J connectivity index is 2.22. The molecule has 0 radical (unpaired) electrons. The lowest BCUT2D eigenvalue weighted by Gasteiger charge is -2.32. The molecule has 3 aromatic rings. The van der Waals surface area contributed by atoms with Crippen molar-refractivity contribution >= 4 is 33.7 Å². The van der Waals surface area contributed by atoms with Gasteiger partial charge in [-0.3, -0.25) is 4.72 Å². The second-order valence-electron chi connectivity index (χ2n) is 7.59. The maximum Gasteiger partial charge on any atom is 0.384 e. The smallest absolute Gasteiger partial charge is 0.384 e.